The zero-order valence-corrected chi connectivity index (χ0v) is 23.2. The molecule has 0 saturated carbocycles. The van der Waals surface area contributed by atoms with Crippen molar-refractivity contribution in [1.82, 2.24) is 30.2 Å². The van der Waals surface area contributed by atoms with Crippen molar-refractivity contribution in [2.45, 2.75) is 32.2 Å². The van der Waals surface area contributed by atoms with Crippen LogP contribution in [0.25, 0.3) is 11.4 Å². The number of likely N-dealkylation sites (N-methyl/N-ethyl adjacent to an activating group) is 3. The van der Waals surface area contributed by atoms with Gasteiger partial charge >= 0.3 is 0 Å². The summed E-state index contributed by atoms with van der Waals surface area (Å²) in [5.41, 5.74) is 11.2. The summed E-state index contributed by atoms with van der Waals surface area (Å²) in [5, 5.41) is 18.2. The van der Waals surface area contributed by atoms with Gasteiger partial charge in [0, 0.05) is 67.7 Å². The number of rotatable bonds is 9. The van der Waals surface area contributed by atoms with Crippen LogP contribution in [0.15, 0.2) is 53.9 Å². The van der Waals surface area contributed by atoms with Crippen LogP contribution in [-0.2, 0) is 0 Å². The maximum absolute atomic E-state index is 13.4. The lowest BCUT2D eigenvalue weighted by Gasteiger charge is -2.23. The smallest absolute Gasteiger partial charge is 0.255 e. The van der Waals surface area contributed by atoms with Gasteiger partial charge in [0.1, 0.15) is 0 Å². The van der Waals surface area contributed by atoms with Crippen molar-refractivity contribution >= 4 is 29.2 Å². The van der Waals surface area contributed by atoms with Gasteiger partial charge in [-0.2, -0.15) is 5.10 Å². The van der Waals surface area contributed by atoms with Crippen molar-refractivity contribution < 1.29 is 4.79 Å². The number of nitrogens with zero attached hydrogens (tertiary/aromatic N) is 7. The second-order valence-corrected chi connectivity index (χ2v) is 10.5. The van der Waals surface area contributed by atoms with Crippen LogP contribution in [0.1, 0.15) is 47.8 Å². The van der Waals surface area contributed by atoms with E-state index in [2.05, 4.69) is 51.0 Å². The molecule has 0 fully saturated rings. The highest BCUT2D eigenvalue weighted by atomic mass is 16.1. The Morgan fingerprint density at radius 3 is 2.58 bits per heavy atom. The normalized spacial score (nSPS) is 20.9. The maximum Gasteiger partial charge on any atom is 0.255 e. The Bertz CT molecular complexity index is 1290. The van der Waals surface area contributed by atoms with E-state index in [-0.39, 0.29) is 23.8 Å². The number of nitrogens with two attached hydrogens (primary N) is 1. The van der Waals surface area contributed by atoms with E-state index in [9.17, 15) is 4.79 Å². The summed E-state index contributed by atoms with van der Waals surface area (Å²) in [7, 11) is 8.04. The highest BCUT2D eigenvalue weighted by molar-refractivity contribution is 5.97. The minimum atomic E-state index is -0.204. The third-order valence-electron chi connectivity index (χ3n) is 7.27. The zero-order chi connectivity index (χ0) is 27.6. The third kappa shape index (κ3) is 5.96. The molecule has 3 atom stereocenters. The van der Waals surface area contributed by atoms with E-state index in [4.69, 9.17) is 5.73 Å². The van der Waals surface area contributed by atoms with E-state index in [0.717, 1.165) is 47.8 Å². The summed E-state index contributed by atoms with van der Waals surface area (Å²) in [5.74, 6) is 0.117. The van der Waals surface area contributed by atoms with Crippen molar-refractivity contribution in [2.75, 3.05) is 46.2 Å². The van der Waals surface area contributed by atoms with Crippen LogP contribution < -0.4 is 16.0 Å². The summed E-state index contributed by atoms with van der Waals surface area (Å²) in [6, 6.07) is 5.85. The molecular weight excluding hydrogens is 478 g/mol. The van der Waals surface area contributed by atoms with Gasteiger partial charge in [-0.05, 0) is 57.3 Å². The molecule has 10 heteroatoms. The van der Waals surface area contributed by atoms with Crippen LogP contribution in [0.4, 0.5) is 5.69 Å². The number of carbonyl (C=O) groups excluding carboxylic acids is 1. The highest BCUT2D eigenvalue weighted by Gasteiger charge is 2.29. The topological polar surface area (TPSA) is 108 Å². The van der Waals surface area contributed by atoms with Gasteiger partial charge in [-0.1, -0.05) is 24.8 Å². The van der Waals surface area contributed by atoms with Crippen LogP contribution in [0.5, 0.6) is 0 Å². The van der Waals surface area contributed by atoms with E-state index in [1.165, 1.54) is 0 Å². The van der Waals surface area contributed by atoms with E-state index in [1.54, 1.807) is 6.07 Å². The first-order valence-electron chi connectivity index (χ1n) is 12.9. The predicted octanol–water partition coefficient (Wildman–Crippen LogP) is 2.80. The Morgan fingerprint density at radius 2 is 1.92 bits per heavy atom. The molecule has 10 nitrogen and oxygen atoms in total. The number of carbonyl (C=O) groups is 1. The van der Waals surface area contributed by atoms with Crippen LogP contribution in [0.2, 0.25) is 0 Å². The van der Waals surface area contributed by atoms with E-state index in [1.807, 2.05) is 74.6 Å². The first kappa shape index (κ1) is 27.1. The molecule has 3 N–H and O–H groups in total. The monoisotopic (exact) mass is 517 g/mol. The van der Waals surface area contributed by atoms with Gasteiger partial charge in [-0.3, -0.25) is 9.80 Å². The summed E-state index contributed by atoms with van der Waals surface area (Å²) in [6.07, 6.45) is 8.67. The number of hydrazone groups is 1. The van der Waals surface area contributed by atoms with Gasteiger partial charge < -0.3 is 20.9 Å². The molecule has 1 amide bonds. The Kier molecular flexibility index (Phi) is 8.01. The average Bonchev–Trinajstić information content (AvgIpc) is 3.49. The quantitative estimate of drug-likeness (QED) is 0.527. The van der Waals surface area contributed by atoms with Crippen LogP contribution in [-0.4, -0.2) is 84.3 Å². The number of allylic oxidation sites excluding steroid dienone is 3. The fourth-order valence-electron chi connectivity index (χ4n) is 4.51. The van der Waals surface area contributed by atoms with Crippen molar-refractivity contribution in [2.24, 2.45) is 16.8 Å². The van der Waals surface area contributed by atoms with Crippen LogP contribution in [0, 0.1) is 5.92 Å². The standard InChI is InChI=1S/C28H39N9O/c1-18-8-9-23(15-27(18)37-17-26(32-33-37)25-16-30-36(7)20(25)3)31-28(38)22-12-21(19(2)29)13-24(14-22)35(6)11-10-34(4)5/h9,12-18,20,25H,2,8,10-11,29H2,1,3-7H3,(H,31,38). The highest BCUT2D eigenvalue weighted by Crippen LogP contribution is 2.29. The molecule has 0 saturated heterocycles. The molecule has 0 spiro atoms. The molecule has 202 valence electrons. The van der Waals surface area contributed by atoms with Crippen molar-refractivity contribution in [3.05, 3.63) is 65.6 Å². The lowest BCUT2D eigenvalue weighted by atomic mass is 9.96. The molecule has 1 aliphatic heterocycles. The largest absolute Gasteiger partial charge is 0.399 e. The van der Waals surface area contributed by atoms with Crippen molar-refractivity contribution in [3.8, 4) is 0 Å². The fourth-order valence-corrected chi connectivity index (χ4v) is 4.51. The molecular formula is C28H39N9O. The van der Waals surface area contributed by atoms with Gasteiger partial charge in [0.15, 0.2) is 0 Å². The van der Waals surface area contributed by atoms with Gasteiger partial charge in [0.25, 0.3) is 5.91 Å². The fraction of sp³-hybridized carbons (Fsp3) is 0.429. The lowest BCUT2D eigenvalue weighted by molar-refractivity contribution is 0.0967. The Morgan fingerprint density at radius 1 is 1.18 bits per heavy atom. The molecule has 2 aliphatic rings. The lowest BCUT2D eigenvalue weighted by Crippen LogP contribution is -2.29. The van der Waals surface area contributed by atoms with E-state index >= 15 is 0 Å². The molecule has 2 heterocycles. The summed E-state index contributed by atoms with van der Waals surface area (Å²) >= 11 is 0. The molecule has 1 aliphatic carbocycles. The SMILES string of the molecule is C=C(N)c1cc(C(=O)NC2=CCC(C)C(n3cc(C4C=NN(C)C4C)nn3)=C2)cc(N(C)CCN(C)C)c1. The number of hydrogen-bond acceptors (Lipinski definition) is 8. The number of amides is 1. The number of anilines is 1. The molecule has 38 heavy (non-hydrogen) atoms. The van der Waals surface area contributed by atoms with Crippen molar-refractivity contribution in [3.63, 3.8) is 0 Å². The van der Waals surface area contributed by atoms with Gasteiger partial charge in [-0.15, -0.1) is 5.10 Å². The molecule has 0 radical (unpaired) electrons. The third-order valence-corrected chi connectivity index (χ3v) is 7.27. The average molecular weight is 518 g/mol. The van der Waals surface area contributed by atoms with E-state index in [0.29, 0.717) is 11.3 Å². The molecule has 2 aromatic rings. The van der Waals surface area contributed by atoms with Gasteiger partial charge in [-0.25, -0.2) is 4.68 Å². The van der Waals surface area contributed by atoms with Gasteiger partial charge in [0.05, 0.1) is 23.9 Å². The second kappa shape index (κ2) is 11.2. The van der Waals surface area contributed by atoms with Crippen molar-refractivity contribution in [1.29, 1.82) is 0 Å². The predicted molar refractivity (Wildman–Crippen MR) is 154 cm³/mol. The number of benzene rings is 1. The van der Waals surface area contributed by atoms with Gasteiger partial charge in [0.2, 0.25) is 0 Å². The van der Waals surface area contributed by atoms with Crippen LogP contribution >= 0.6 is 0 Å². The maximum atomic E-state index is 13.4. The minimum Gasteiger partial charge on any atom is -0.399 e. The first-order chi connectivity index (χ1) is 18.0. The molecule has 0 bridgehead atoms. The number of aromatic nitrogens is 3. The molecule has 3 unspecified atom stereocenters. The molecule has 1 aromatic heterocycles. The Hall–Kier alpha value is -3.92. The summed E-state index contributed by atoms with van der Waals surface area (Å²) in [6.45, 7) is 9.84. The number of nitrogens with one attached hydrogen (secondary N) is 1. The minimum absolute atomic E-state index is 0.0950. The second-order valence-electron chi connectivity index (χ2n) is 10.5. The summed E-state index contributed by atoms with van der Waals surface area (Å²) in [4.78, 5) is 17.6. The first-order valence-corrected chi connectivity index (χ1v) is 12.9. The van der Waals surface area contributed by atoms with E-state index < -0.39 is 0 Å². The molecule has 1 aromatic carbocycles. The molecule has 4 rings (SSSR count). The van der Waals surface area contributed by atoms with Crippen LogP contribution in [0.3, 0.4) is 0 Å². The summed E-state index contributed by atoms with van der Waals surface area (Å²) < 4.78 is 1.81. The zero-order valence-electron chi connectivity index (χ0n) is 23.2. The Labute approximate surface area is 225 Å². The Balaban J connectivity index is 1.53. The number of hydrogen-bond donors (Lipinski definition) is 2.